The predicted octanol–water partition coefficient (Wildman–Crippen LogP) is 1.58. The standard InChI is InChI=1S/C12H19N3O/c1-2-6-15-11(5-1)13-14-12(15)8-10-4-3-7-16-9-10/h10H,1-9H2. The fourth-order valence-corrected chi connectivity index (χ4v) is 2.75. The number of ether oxygens (including phenoxy) is 1. The van der Waals surface area contributed by atoms with Crippen molar-refractivity contribution >= 4 is 0 Å². The predicted molar refractivity (Wildman–Crippen MR) is 60.2 cm³/mol. The van der Waals surface area contributed by atoms with Crippen LogP contribution in [0.3, 0.4) is 0 Å². The van der Waals surface area contributed by atoms with Crippen molar-refractivity contribution in [1.82, 2.24) is 14.8 Å². The zero-order valence-corrected chi connectivity index (χ0v) is 9.69. The fourth-order valence-electron chi connectivity index (χ4n) is 2.75. The third kappa shape index (κ3) is 1.98. The van der Waals surface area contributed by atoms with Crippen LogP contribution < -0.4 is 0 Å². The smallest absolute Gasteiger partial charge is 0.133 e. The Balaban J connectivity index is 1.71. The van der Waals surface area contributed by atoms with Gasteiger partial charge < -0.3 is 9.30 Å². The van der Waals surface area contributed by atoms with Gasteiger partial charge in [-0.25, -0.2) is 0 Å². The van der Waals surface area contributed by atoms with Gasteiger partial charge in [-0.3, -0.25) is 0 Å². The zero-order chi connectivity index (χ0) is 10.8. The lowest BCUT2D eigenvalue weighted by atomic mass is 9.98. The molecule has 0 N–H and O–H groups in total. The van der Waals surface area contributed by atoms with Gasteiger partial charge in [0, 0.05) is 32.6 Å². The topological polar surface area (TPSA) is 39.9 Å². The van der Waals surface area contributed by atoms with Crippen LogP contribution in [0.15, 0.2) is 0 Å². The maximum absolute atomic E-state index is 5.52. The number of hydrogen-bond donors (Lipinski definition) is 0. The molecule has 2 aliphatic rings. The molecule has 4 heteroatoms. The monoisotopic (exact) mass is 221 g/mol. The van der Waals surface area contributed by atoms with Gasteiger partial charge in [-0.15, -0.1) is 10.2 Å². The third-order valence-corrected chi connectivity index (χ3v) is 3.66. The van der Waals surface area contributed by atoms with Gasteiger partial charge in [0.15, 0.2) is 0 Å². The Labute approximate surface area is 96.0 Å². The molecule has 88 valence electrons. The van der Waals surface area contributed by atoms with Crippen LogP contribution in [-0.4, -0.2) is 28.0 Å². The van der Waals surface area contributed by atoms with E-state index in [9.17, 15) is 0 Å². The van der Waals surface area contributed by atoms with E-state index in [0.29, 0.717) is 5.92 Å². The van der Waals surface area contributed by atoms with Crippen LogP contribution in [-0.2, 0) is 24.1 Å². The molecule has 3 rings (SSSR count). The summed E-state index contributed by atoms with van der Waals surface area (Å²) in [5.74, 6) is 3.03. The summed E-state index contributed by atoms with van der Waals surface area (Å²) in [5.41, 5.74) is 0. The Morgan fingerprint density at radius 2 is 2.25 bits per heavy atom. The van der Waals surface area contributed by atoms with E-state index in [1.807, 2.05) is 0 Å². The molecule has 0 radical (unpaired) electrons. The Hall–Kier alpha value is -0.900. The second-order valence-corrected chi connectivity index (χ2v) is 4.93. The largest absolute Gasteiger partial charge is 0.381 e. The van der Waals surface area contributed by atoms with Crippen molar-refractivity contribution in [1.29, 1.82) is 0 Å². The molecule has 16 heavy (non-hydrogen) atoms. The summed E-state index contributed by atoms with van der Waals surface area (Å²) in [5, 5.41) is 8.64. The average molecular weight is 221 g/mol. The van der Waals surface area contributed by atoms with Crippen molar-refractivity contribution in [3.05, 3.63) is 11.6 Å². The van der Waals surface area contributed by atoms with E-state index in [0.717, 1.165) is 32.6 Å². The van der Waals surface area contributed by atoms with Gasteiger partial charge in [0.2, 0.25) is 0 Å². The number of rotatable bonds is 2. The van der Waals surface area contributed by atoms with Crippen LogP contribution in [0.1, 0.15) is 37.3 Å². The highest BCUT2D eigenvalue weighted by Gasteiger charge is 2.20. The lowest BCUT2D eigenvalue weighted by Crippen LogP contribution is -2.22. The number of aromatic nitrogens is 3. The van der Waals surface area contributed by atoms with Gasteiger partial charge in [-0.2, -0.15) is 0 Å². The van der Waals surface area contributed by atoms with Crippen LogP contribution >= 0.6 is 0 Å². The van der Waals surface area contributed by atoms with Gasteiger partial charge in [0.05, 0.1) is 0 Å². The quantitative estimate of drug-likeness (QED) is 0.761. The molecule has 0 aromatic carbocycles. The number of aryl methyl sites for hydroxylation is 1. The number of fused-ring (bicyclic) bond motifs is 1. The lowest BCUT2D eigenvalue weighted by molar-refractivity contribution is 0.0539. The molecule has 0 bridgehead atoms. The fraction of sp³-hybridized carbons (Fsp3) is 0.833. The molecule has 0 amide bonds. The van der Waals surface area contributed by atoms with Crippen molar-refractivity contribution in [3.63, 3.8) is 0 Å². The minimum atomic E-state index is 0.656. The summed E-state index contributed by atoms with van der Waals surface area (Å²) in [6, 6.07) is 0. The molecule has 0 aliphatic carbocycles. The van der Waals surface area contributed by atoms with Crippen LogP contribution in [0.5, 0.6) is 0 Å². The third-order valence-electron chi connectivity index (χ3n) is 3.66. The highest BCUT2D eigenvalue weighted by atomic mass is 16.5. The summed E-state index contributed by atoms with van der Waals surface area (Å²) < 4.78 is 7.85. The normalized spacial score (nSPS) is 25.4. The highest BCUT2D eigenvalue weighted by molar-refractivity contribution is 5.00. The van der Waals surface area contributed by atoms with Gasteiger partial charge >= 0.3 is 0 Å². The van der Waals surface area contributed by atoms with Crippen molar-refractivity contribution in [2.45, 2.75) is 45.1 Å². The van der Waals surface area contributed by atoms with Gasteiger partial charge in [-0.1, -0.05) is 0 Å². The Morgan fingerprint density at radius 3 is 3.12 bits per heavy atom. The first kappa shape index (κ1) is 10.3. The molecule has 4 nitrogen and oxygen atoms in total. The summed E-state index contributed by atoms with van der Waals surface area (Å²) in [4.78, 5) is 0. The minimum Gasteiger partial charge on any atom is -0.381 e. The van der Waals surface area contributed by atoms with E-state index in [4.69, 9.17) is 4.74 Å². The van der Waals surface area contributed by atoms with Gasteiger partial charge in [-0.05, 0) is 31.6 Å². The minimum absolute atomic E-state index is 0.656. The Morgan fingerprint density at radius 1 is 1.25 bits per heavy atom. The molecule has 2 aliphatic heterocycles. The first-order valence-corrected chi connectivity index (χ1v) is 6.42. The molecule has 0 saturated carbocycles. The lowest BCUT2D eigenvalue weighted by Gasteiger charge is -2.22. The van der Waals surface area contributed by atoms with Crippen molar-refractivity contribution in [2.24, 2.45) is 5.92 Å². The molecule has 1 saturated heterocycles. The van der Waals surface area contributed by atoms with Gasteiger partial charge in [0.1, 0.15) is 11.6 Å². The molecule has 0 spiro atoms. The maximum atomic E-state index is 5.52. The number of nitrogens with zero attached hydrogens (tertiary/aromatic N) is 3. The second-order valence-electron chi connectivity index (χ2n) is 4.93. The highest BCUT2D eigenvalue weighted by Crippen LogP contribution is 2.20. The average Bonchev–Trinajstić information content (AvgIpc) is 2.74. The molecular formula is C12H19N3O. The van der Waals surface area contributed by atoms with E-state index in [1.165, 1.54) is 37.3 Å². The Bertz CT molecular complexity index is 355. The SMILES string of the molecule is C1CCn2c(nnc2CC2CCCOC2)C1. The van der Waals surface area contributed by atoms with Crippen molar-refractivity contribution in [3.8, 4) is 0 Å². The first-order valence-electron chi connectivity index (χ1n) is 6.42. The van der Waals surface area contributed by atoms with Crippen molar-refractivity contribution < 1.29 is 4.74 Å². The molecule has 1 fully saturated rings. The van der Waals surface area contributed by atoms with Crippen LogP contribution in [0.4, 0.5) is 0 Å². The molecule has 1 aromatic rings. The van der Waals surface area contributed by atoms with Crippen LogP contribution in [0, 0.1) is 5.92 Å². The second kappa shape index (κ2) is 4.53. The molecular weight excluding hydrogens is 202 g/mol. The summed E-state index contributed by atoms with van der Waals surface area (Å²) in [7, 11) is 0. The number of hydrogen-bond acceptors (Lipinski definition) is 3. The van der Waals surface area contributed by atoms with Crippen LogP contribution in [0.2, 0.25) is 0 Å². The summed E-state index contributed by atoms with van der Waals surface area (Å²) in [6.07, 6.45) is 7.18. The van der Waals surface area contributed by atoms with E-state index < -0.39 is 0 Å². The molecule has 3 heterocycles. The van der Waals surface area contributed by atoms with Gasteiger partial charge in [0.25, 0.3) is 0 Å². The summed E-state index contributed by atoms with van der Waals surface area (Å²) in [6.45, 7) is 2.96. The van der Waals surface area contributed by atoms with Crippen molar-refractivity contribution in [2.75, 3.05) is 13.2 Å². The van der Waals surface area contributed by atoms with Crippen LogP contribution in [0.25, 0.3) is 0 Å². The van der Waals surface area contributed by atoms with E-state index >= 15 is 0 Å². The maximum Gasteiger partial charge on any atom is 0.133 e. The molecule has 1 atom stereocenters. The Kier molecular flexibility index (Phi) is 2.91. The zero-order valence-electron chi connectivity index (χ0n) is 9.69. The molecule has 1 aromatic heterocycles. The van der Waals surface area contributed by atoms with E-state index in [2.05, 4.69) is 14.8 Å². The molecule has 1 unspecified atom stereocenters. The van der Waals surface area contributed by atoms with E-state index in [-0.39, 0.29) is 0 Å². The van der Waals surface area contributed by atoms with E-state index in [1.54, 1.807) is 0 Å². The summed E-state index contributed by atoms with van der Waals surface area (Å²) >= 11 is 0. The first-order chi connectivity index (χ1) is 7.93.